The van der Waals surface area contributed by atoms with Gasteiger partial charge in [0.2, 0.25) is 5.43 Å². The molecule has 8 nitrogen and oxygen atoms in total. The summed E-state index contributed by atoms with van der Waals surface area (Å²) < 4.78 is 82.5. The zero-order valence-electron chi connectivity index (χ0n) is 20.7. The summed E-state index contributed by atoms with van der Waals surface area (Å²) in [7, 11) is 1.23. The van der Waals surface area contributed by atoms with Gasteiger partial charge in [-0.3, -0.25) is 14.4 Å². The van der Waals surface area contributed by atoms with Gasteiger partial charge in [0.25, 0.3) is 18.2 Å². The summed E-state index contributed by atoms with van der Waals surface area (Å²) in [5.41, 5.74) is -4.49. The van der Waals surface area contributed by atoms with E-state index in [4.69, 9.17) is 9.47 Å². The highest BCUT2D eigenvalue weighted by molar-refractivity contribution is 5.99. The molecule has 206 valence electrons. The first kappa shape index (κ1) is 27.6. The molecular formula is C25H26F5N3O5. The van der Waals surface area contributed by atoms with Gasteiger partial charge in [0.15, 0.2) is 11.4 Å². The van der Waals surface area contributed by atoms with Crippen molar-refractivity contribution in [2.45, 2.75) is 50.7 Å². The molecule has 0 spiro atoms. The number of ether oxygens (including phenoxy) is 2. The second-order valence-corrected chi connectivity index (χ2v) is 9.19. The predicted molar refractivity (Wildman–Crippen MR) is 124 cm³/mol. The largest absolute Gasteiger partial charge is 0.487 e. The average Bonchev–Trinajstić information content (AvgIpc) is 2.87. The number of hydrogen-bond acceptors (Lipinski definition) is 5. The first-order valence-electron chi connectivity index (χ1n) is 12.0. The molecular weight excluding hydrogens is 517 g/mol. The average molecular weight is 543 g/mol. The van der Waals surface area contributed by atoms with E-state index in [0.717, 1.165) is 15.7 Å². The van der Waals surface area contributed by atoms with Crippen LogP contribution in [-0.2, 0) is 11.3 Å². The van der Waals surface area contributed by atoms with Crippen molar-refractivity contribution >= 4 is 11.8 Å². The van der Waals surface area contributed by atoms with Crippen molar-refractivity contribution in [2.75, 3.05) is 26.9 Å². The predicted octanol–water partition coefficient (Wildman–Crippen LogP) is 3.43. The van der Waals surface area contributed by atoms with Gasteiger partial charge < -0.3 is 24.3 Å². The van der Waals surface area contributed by atoms with Gasteiger partial charge in [-0.2, -0.15) is 0 Å². The maximum Gasteiger partial charge on any atom is 0.274 e. The lowest BCUT2D eigenvalue weighted by atomic mass is 9.81. The number of nitrogens with one attached hydrogen (secondary N) is 1. The van der Waals surface area contributed by atoms with Crippen LogP contribution in [0.5, 0.6) is 5.75 Å². The topological polar surface area (TPSA) is 89.9 Å². The maximum absolute atomic E-state index is 14.5. The second kappa shape index (κ2) is 10.7. The molecule has 2 atom stereocenters. The lowest BCUT2D eigenvalue weighted by Gasteiger charge is -2.53. The maximum atomic E-state index is 14.5. The first-order chi connectivity index (χ1) is 18.0. The number of likely N-dealkylation sites (N-methyl/N-ethyl adjacent to an activating group) is 1. The van der Waals surface area contributed by atoms with E-state index in [1.807, 2.05) is 6.92 Å². The smallest absolute Gasteiger partial charge is 0.274 e. The number of fused-ring (bicyclic) bond motifs is 3. The van der Waals surface area contributed by atoms with E-state index >= 15 is 0 Å². The van der Waals surface area contributed by atoms with E-state index in [9.17, 15) is 36.3 Å². The van der Waals surface area contributed by atoms with Crippen LogP contribution in [0.2, 0.25) is 0 Å². The number of amides is 2. The molecule has 0 saturated carbocycles. The Morgan fingerprint density at radius 2 is 1.92 bits per heavy atom. The van der Waals surface area contributed by atoms with Crippen molar-refractivity contribution in [3.05, 3.63) is 62.8 Å². The van der Waals surface area contributed by atoms with Crippen molar-refractivity contribution in [1.29, 1.82) is 0 Å². The zero-order chi connectivity index (χ0) is 27.8. The summed E-state index contributed by atoms with van der Waals surface area (Å²) in [5, 5.41) is 2.20. The molecule has 1 saturated heterocycles. The third-order valence-corrected chi connectivity index (χ3v) is 7.06. The molecule has 1 N–H and O–H groups in total. The number of alkyl halides is 2. The molecule has 1 aromatic heterocycles. The van der Waals surface area contributed by atoms with Gasteiger partial charge in [-0.05, 0) is 6.42 Å². The highest BCUT2D eigenvalue weighted by Crippen LogP contribution is 2.45. The number of rotatable bonds is 8. The third-order valence-electron chi connectivity index (χ3n) is 7.06. The monoisotopic (exact) mass is 543 g/mol. The quantitative estimate of drug-likeness (QED) is 0.407. The SMILES string of the molecule is CCCCOc1c2n(cc(C(=O)NCc3c(F)cc(F)cc3F)c1=O)[C@H]1COCC[C@@]1(C(F)F)N(C)C2=O. The van der Waals surface area contributed by atoms with Gasteiger partial charge >= 0.3 is 0 Å². The summed E-state index contributed by atoms with van der Waals surface area (Å²) in [4.78, 5) is 40.7. The molecule has 0 unspecified atom stereocenters. The van der Waals surface area contributed by atoms with Gasteiger partial charge in [0.05, 0.1) is 19.3 Å². The van der Waals surface area contributed by atoms with Crippen molar-refractivity contribution in [3.63, 3.8) is 0 Å². The highest BCUT2D eigenvalue weighted by atomic mass is 19.3. The van der Waals surface area contributed by atoms with Crippen molar-refractivity contribution in [2.24, 2.45) is 0 Å². The minimum atomic E-state index is -2.98. The summed E-state index contributed by atoms with van der Waals surface area (Å²) in [6, 6.07) is -0.290. The van der Waals surface area contributed by atoms with Crippen LogP contribution in [0.1, 0.15) is 58.6 Å². The van der Waals surface area contributed by atoms with Gasteiger partial charge in [0.1, 0.15) is 28.6 Å². The number of halogens is 5. The summed E-state index contributed by atoms with van der Waals surface area (Å²) in [6.07, 6.45) is -1.03. The molecule has 4 rings (SSSR count). The Labute approximate surface area is 214 Å². The lowest BCUT2D eigenvalue weighted by Crippen LogP contribution is -2.66. The lowest BCUT2D eigenvalue weighted by molar-refractivity contribution is -0.129. The van der Waals surface area contributed by atoms with E-state index in [0.29, 0.717) is 25.0 Å². The first-order valence-corrected chi connectivity index (χ1v) is 12.0. The molecule has 13 heteroatoms. The Balaban J connectivity index is 1.81. The van der Waals surface area contributed by atoms with Crippen LogP contribution in [-0.4, -0.2) is 60.1 Å². The van der Waals surface area contributed by atoms with Crippen LogP contribution >= 0.6 is 0 Å². The fourth-order valence-electron chi connectivity index (χ4n) is 4.88. The molecule has 2 aromatic rings. The third kappa shape index (κ3) is 4.52. The number of unbranched alkanes of at least 4 members (excludes halogenated alkanes) is 1. The van der Waals surface area contributed by atoms with E-state index in [1.54, 1.807) is 0 Å². The Kier molecular flexibility index (Phi) is 7.77. The van der Waals surface area contributed by atoms with Crippen LogP contribution in [0.3, 0.4) is 0 Å². The highest BCUT2D eigenvalue weighted by Gasteiger charge is 2.58. The van der Waals surface area contributed by atoms with Crippen molar-refractivity contribution in [3.8, 4) is 5.75 Å². The molecule has 2 amide bonds. The number of pyridine rings is 1. The molecule has 1 aromatic carbocycles. The number of carbonyl (C=O) groups is 2. The number of hydrogen-bond donors (Lipinski definition) is 1. The molecule has 0 bridgehead atoms. The number of carbonyl (C=O) groups excluding carboxylic acids is 2. The van der Waals surface area contributed by atoms with E-state index < -0.39 is 76.1 Å². The summed E-state index contributed by atoms with van der Waals surface area (Å²) in [5.74, 6) is -6.11. The van der Waals surface area contributed by atoms with Crippen LogP contribution in [0, 0.1) is 17.5 Å². The van der Waals surface area contributed by atoms with E-state index in [2.05, 4.69) is 5.32 Å². The van der Waals surface area contributed by atoms with Crippen LogP contribution in [0.15, 0.2) is 23.1 Å². The van der Waals surface area contributed by atoms with Crippen LogP contribution < -0.4 is 15.5 Å². The Bertz CT molecular complexity index is 1290. The van der Waals surface area contributed by atoms with E-state index in [1.165, 1.54) is 7.05 Å². The van der Waals surface area contributed by atoms with Crippen molar-refractivity contribution in [1.82, 2.24) is 14.8 Å². The summed E-state index contributed by atoms with van der Waals surface area (Å²) in [6.45, 7) is 0.862. The van der Waals surface area contributed by atoms with Gasteiger partial charge in [-0.1, -0.05) is 13.3 Å². The van der Waals surface area contributed by atoms with Gasteiger partial charge in [0, 0.05) is 50.5 Å². The molecule has 2 aliphatic rings. The summed E-state index contributed by atoms with van der Waals surface area (Å²) >= 11 is 0. The second-order valence-electron chi connectivity index (χ2n) is 9.19. The fourth-order valence-corrected chi connectivity index (χ4v) is 4.88. The zero-order valence-corrected chi connectivity index (χ0v) is 20.7. The molecule has 1 fully saturated rings. The molecule has 38 heavy (non-hydrogen) atoms. The molecule has 2 aliphatic heterocycles. The number of nitrogens with zero attached hydrogens (tertiary/aromatic N) is 2. The Morgan fingerprint density at radius 1 is 1.24 bits per heavy atom. The molecule has 0 radical (unpaired) electrons. The molecule has 3 heterocycles. The number of benzene rings is 1. The Morgan fingerprint density at radius 3 is 2.55 bits per heavy atom. The minimum absolute atomic E-state index is 0.00790. The van der Waals surface area contributed by atoms with E-state index in [-0.39, 0.29) is 31.9 Å². The Hall–Kier alpha value is -3.48. The van der Waals surface area contributed by atoms with Gasteiger partial charge in [-0.15, -0.1) is 0 Å². The van der Waals surface area contributed by atoms with Crippen LogP contribution in [0.4, 0.5) is 22.0 Å². The normalized spacial score (nSPS) is 20.8. The standard InChI is InChI=1S/C25H26F5N3O5/c1-3-4-6-38-21-19-23(36)32(2)25(24(29)30)5-7-37-12-18(25)33(19)11-15(20(21)34)22(35)31-10-14-16(27)8-13(26)9-17(14)28/h8-9,11,18,24H,3-7,10,12H2,1-2H3,(H,31,35)/t18-,25+/m0/s1. The molecule has 0 aliphatic carbocycles. The van der Waals surface area contributed by atoms with Crippen molar-refractivity contribution < 1.29 is 41.0 Å². The minimum Gasteiger partial charge on any atom is -0.487 e. The number of aromatic nitrogens is 1. The van der Waals surface area contributed by atoms with Crippen LogP contribution in [0.25, 0.3) is 0 Å². The fraction of sp³-hybridized carbons (Fsp3) is 0.480. The van der Waals surface area contributed by atoms with Gasteiger partial charge in [-0.25, -0.2) is 22.0 Å².